The molecule has 0 aromatic rings. The van der Waals surface area contributed by atoms with E-state index >= 15 is 0 Å². The molecule has 1 saturated heterocycles. The van der Waals surface area contributed by atoms with Gasteiger partial charge in [-0.25, -0.2) is 0 Å². The van der Waals surface area contributed by atoms with Crippen molar-refractivity contribution in [1.82, 2.24) is 15.5 Å². The van der Waals surface area contributed by atoms with Gasteiger partial charge in [-0.15, -0.1) is 24.0 Å². The van der Waals surface area contributed by atoms with Crippen LogP contribution in [0.15, 0.2) is 4.99 Å². The summed E-state index contributed by atoms with van der Waals surface area (Å²) in [4.78, 5) is 6.89. The molecule has 1 fully saturated rings. The second-order valence-corrected chi connectivity index (χ2v) is 6.32. The van der Waals surface area contributed by atoms with E-state index in [0.717, 1.165) is 26.1 Å². The number of halogens is 4. The maximum absolute atomic E-state index is 11.9. The first-order valence-electron chi connectivity index (χ1n) is 9.40. The van der Waals surface area contributed by atoms with E-state index in [0.29, 0.717) is 18.9 Å². The van der Waals surface area contributed by atoms with Crippen molar-refractivity contribution in [1.29, 1.82) is 0 Å². The van der Waals surface area contributed by atoms with Gasteiger partial charge in [-0.1, -0.05) is 12.8 Å². The second-order valence-electron chi connectivity index (χ2n) is 6.32. The molecule has 156 valence electrons. The van der Waals surface area contributed by atoms with Crippen LogP contribution in [0, 0.1) is 0 Å². The lowest BCUT2D eigenvalue weighted by Crippen LogP contribution is -2.39. The van der Waals surface area contributed by atoms with Crippen LogP contribution in [-0.4, -0.2) is 69.5 Å². The predicted octanol–water partition coefficient (Wildman–Crippen LogP) is 3.39. The highest BCUT2D eigenvalue weighted by molar-refractivity contribution is 14.0. The summed E-state index contributed by atoms with van der Waals surface area (Å²) in [6, 6.07) is 0. The molecule has 0 unspecified atom stereocenters. The van der Waals surface area contributed by atoms with Gasteiger partial charge in [0.15, 0.2) is 5.96 Å². The zero-order valence-electron chi connectivity index (χ0n) is 15.7. The molecule has 1 rings (SSSR count). The number of alkyl halides is 3. The Morgan fingerprint density at radius 2 is 1.77 bits per heavy atom. The van der Waals surface area contributed by atoms with Crippen LogP contribution in [0.2, 0.25) is 0 Å². The first-order valence-corrected chi connectivity index (χ1v) is 9.40. The Kier molecular flexibility index (Phi) is 15.6. The molecule has 0 radical (unpaired) electrons. The summed E-state index contributed by atoms with van der Waals surface area (Å²) in [5.41, 5.74) is 0. The van der Waals surface area contributed by atoms with E-state index in [2.05, 4.69) is 25.3 Å². The van der Waals surface area contributed by atoms with Gasteiger partial charge < -0.3 is 20.3 Å². The van der Waals surface area contributed by atoms with Gasteiger partial charge in [0.1, 0.15) is 6.61 Å². The number of ether oxygens (including phenoxy) is 1. The number of likely N-dealkylation sites (tertiary alicyclic amines) is 1. The molecule has 0 aliphatic carbocycles. The number of hydrogen-bond acceptors (Lipinski definition) is 3. The fourth-order valence-electron chi connectivity index (χ4n) is 2.76. The fraction of sp³-hybridized carbons (Fsp3) is 0.941. The zero-order valence-corrected chi connectivity index (χ0v) is 18.1. The average Bonchev–Trinajstić information content (AvgIpc) is 2.82. The van der Waals surface area contributed by atoms with E-state index in [9.17, 15) is 13.2 Å². The first-order chi connectivity index (χ1) is 12.0. The smallest absolute Gasteiger partial charge is 0.372 e. The minimum absolute atomic E-state index is 0. The number of nitrogens with one attached hydrogen (secondary N) is 2. The lowest BCUT2D eigenvalue weighted by molar-refractivity contribution is -0.173. The van der Waals surface area contributed by atoms with Crippen molar-refractivity contribution in [2.45, 2.75) is 51.6 Å². The maximum atomic E-state index is 11.9. The summed E-state index contributed by atoms with van der Waals surface area (Å²) >= 11 is 0. The highest BCUT2D eigenvalue weighted by atomic mass is 127. The Hall–Kier alpha value is -0.290. The molecule has 9 heteroatoms. The van der Waals surface area contributed by atoms with Crippen molar-refractivity contribution in [2.75, 3.05) is 52.5 Å². The summed E-state index contributed by atoms with van der Waals surface area (Å²) in [7, 11) is 0. The van der Waals surface area contributed by atoms with Crippen LogP contribution in [0.1, 0.15) is 45.4 Å². The van der Waals surface area contributed by atoms with Crippen molar-refractivity contribution in [3.63, 3.8) is 0 Å². The van der Waals surface area contributed by atoms with Crippen LogP contribution in [0.4, 0.5) is 13.2 Å². The Morgan fingerprint density at radius 3 is 2.38 bits per heavy atom. The van der Waals surface area contributed by atoms with E-state index in [-0.39, 0.29) is 30.6 Å². The molecule has 2 N–H and O–H groups in total. The number of guanidine groups is 1. The van der Waals surface area contributed by atoms with E-state index in [1.54, 1.807) is 0 Å². The fourth-order valence-corrected chi connectivity index (χ4v) is 2.76. The van der Waals surface area contributed by atoms with Crippen molar-refractivity contribution >= 4 is 29.9 Å². The van der Waals surface area contributed by atoms with Crippen LogP contribution in [0.25, 0.3) is 0 Å². The monoisotopic (exact) mass is 494 g/mol. The molecule has 1 aliphatic rings. The van der Waals surface area contributed by atoms with Crippen LogP contribution in [0.5, 0.6) is 0 Å². The number of aliphatic imine (C=N–C) groups is 1. The third-order valence-corrected chi connectivity index (χ3v) is 3.97. The predicted molar refractivity (Wildman–Crippen MR) is 110 cm³/mol. The molecule has 0 bridgehead atoms. The molecule has 0 saturated carbocycles. The van der Waals surface area contributed by atoms with Gasteiger partial charge in [0.2, 0.25) is 0 Å². The van der Waals surface area contributed by atoms with Gasteiger partial charge >= 0.3 is 6.18 Å². The van der Waals surface area contributed by atoms with Gasteiger partial charge in [-0.2, -0.15) is 13.2 Å². The largest absolute Gasteiger partial charge is 0.411 e. The third kappa shape index (κ3) is 14.8. The Morgan fingerprint density at radius 1 is 1.08 bits per heavy atom. The molecular weight excluding hydrogens is 460 g/mol. The summed E-state index contributed by atoms with van der Waals surface area (Å²) in [5, 5.41) is 6.43. The molecule has 5 nitrogen and oxygen atoms in total. The second kappa shape index (κ2) is 15.7. The van der Waals surface area contributed by atoms with Crippen molar-refractivity contribution < 1.29 is 17.9 Å². The maximum Gasteiger partial charge on any atom is 0.411 e. The summed E-state index contributed by atoms with van der Waals surface area (Å²) in [6.45, 7) is 6.40. The normalized spacial score (nSPS) is 16.7. The van der Waals surface area contributed by atoms with Crippen molar-refractivity contribution in [3.8, 4) is 0 Å². The zero-order chi connectivity index (χ0) is 18.4. The Balaban J connectivity index is 0.00000625. The molecule has 1 aliphatic heterocycles. The van der Waals surface area contributed by atoms with Crippen LogP contribution < -0.4 is 10.6 Å². The van der Waals surface area contributed by atoms with Crippen molar-refractivity contribution in [3.05, 3.63) is 0 Å². The lowest BCUT2D eigenvalue weighted by Gasteiger charge is -2.20. The van der Waals surface area contributed by atoms with Crippen LogP contribution in [-0.2, 0) is 4.74 Å². The first kappa shape index (κ1) is 25.7. The third-order valence-electron chi connectivity index (χ3n) is 3.97. The number of nitrogens with zero attached hydrogens (tertiary/aromatic N) is 2. The number of rotatable bonds is 10. The minimum atomic E-state index is -4.26. The Bertz CT molecular complexity index is 362. The molecule has 26 heavy (non-hydrogen) atoms. The standard InChI is InChI=1S/C17H33F3N4O.HI/c1-2-21-16(23-10-8-14-25-15-17(18,19)20)22-9-7-13-24-11-5-3-4-6-12-24;/h2-15H2,1H3,(H2,21,22,23);1H. The SMILES string of the molecule is CCNC(=NCCCOCC(F)(F)F)NCCCN1CCCCCC1.I. The Labute approximate surface area is 172 Å². The quantitative estimate of drug-likeness (QED) is 0.212. The minimum Gasteiger partial charge on any atom is -0.372 e. The topological polar surface area (TPSA) is 48.9 Å². The summed E-state index contributed by atoms with van der Waals surface area (Å²) in [6.07, 6.45) is 2.56. The van der Waals surface area contributed by atoms with Crippen molar-refractivity contribution in [2.24, 2.45) is 4.99 Å². The van der Waals surface area contributed by atoms with E-state index in [4.69, 9.17) is 0 Å². The molecule has 0 aromatic heterocycles. The van der Waals surface area contributed by atoms with Gasteiger partial charge in [0, 0.05) is 26.2 Å². The molecular formula is C17H34F3IN4O. The highest BCUT2D eigenvalue weighted by Gasteiger charge is 2.27. The molecule has 0 aromatic carbocycles. The molecule has 1 heterocycles. The van der Waals surface area contributed by atoms with E-state index < -0.39 is 12.8 Å². The summed E-state index contributed by atoms with van der Waals surface area (Å²) < 4.78 is 40.4. The highest BCUT2D eigenvalue weighted by Crippen LogP contribution is 2.14. The van der Waals surface area contributed by atoms with Gasteiger partial charge in [-0.3, -0.25) is 4.99 Å². The van der Waals surface area contributed by atoms with Crippen LogP contribution in [0.3, 0.4) is 0 Å². The average molecular weight is 494 g/mol. The van der Waals surface area contributed by atoms with Gasteiger partial charge in [0.25, 0.3) is 0 Å². The van der Waals surface area contributed by atoms with Gasteiger partial charge in [0.05, 0.1) is 0 Å². The molecule has 0 amide bonds. The van der Waals surface area contributed by atoms with Crippen LogP contribution >= 0.6 is 24.0 Å². The van der Waals surface area contributed by atoms with Gasteiger partial charge in [-0.05, 0) is 52.2 Å². The molecule has 0 atom stereocenters. The van der Waals surface area contributed by atoms with E-state index in [1.165, 1.54) is 38.8 Å². The molecule has 0 spiro atoms. The summed E-state index contributed by atoms with van der Waals surface area (Å²) in [5.74, 6) is 0.717. The van der Waals surface area contributed by atoms with E-state index in [1.807, 2.05) is 6.92 Å². The lowest BCUT2D eigenvalue weighted by atomic mass is 10.2. The number of hydrogen-bond donors (Lipinski definition) is 2.